The van der Waals surface area contributed by atoms with Gasteiger partial charge >= 0.3 is 0 Å². The molecule has 0 heterocycles. The molecule has 0 aromatic heterocycles. The molecular formula is C41H31N. The maximum absolute atomic E-state index is 4.00. The highest BCUT2D eigenvalue weighted by molar-refractivity contribution is 5.97. The van der Waals surface area contributed by atoms with E-state index in [-0.39, 0.29) is 0 Å². The summed E-state index contributed by atoms with van der Waals surface area (Å²) in [7, 11) is 0. The second kappa shape index (κ2) is 10.5. The molecule has 0 N–H and O–H groups in total. The van der Waals surface area contributed by atoms with Crippen LogP contribution in [0.3, 0.4) is 0 Å². The van der Waals surface area contributed by atoms with E-state index in [4.69, 9.17) is 0 Å². The first kappa shape index (κ1) is 25.6. The van der Waals surface area contributed by atoms with Crippen molar-refractivity contribution in [3.05, 3.63) is 198 Å². The van der Waals surface area contributed by atoms with Gasteiger partial charge in [0.1, 0.15) is 0 Å². The molecule has 0 fully saturated rings. The second-order valence-corrected chi connectivity index (χ2v) is 10.7. The molecule has 0 saturated heterocycles. The Hall–Kier alpha value is -5.40. The molecule has 1 nitrogen and oxygen atoms in total. The highest BCUT2D eigenvalue weighted by Crippen LogP contribution is 2.59. The fraction of sp³-hybridized carbons (Fsp3) is 0.0244. The highest BCUT2D eigenvalue weighted by Gasteiger charge is 2.47. The van der Waals surface area contributed by atoms with Gasteiger partial charge in [0.2, 0.25) is 0 Å². The number of para-hydroxylation sites is 2. The van der Waals surface area contributed by atoms with Gasteiger partial charge < -0.3 is 4.90 Å². The van der Waals surface area contributed by atoms with Crippen molar-refractivity contribution < 1.29 is 0 Å². The first-order valence-corrected chi connectivity index (χ1v) is 14.4. The molecule has 0 bridgehead atoms. The number of nitrogens with zero attached hydrogens (tertiary/aromatic N) is 1. The molecule has 0 atom stereocenters. The molecular weight excluding hydrogens is 506 g/mol. The minimum absolute atomic E-state index is 0.500. The van der Waals surface area contributed by atoms with Crippen molar-refractivity contribution in [1.82, 2.24) is 0 Å². The summed E-state index contributed by atoms with van der Waals surface area (Å²) in [6, 6.07) is 54.8. The largest absolute Gasteiger partial charge is 0.310 e. The second-order valence-electron chi connectivity index (χ2n) is 10.7. The van der Waals surface area contributed by atoms with Gasteiger partial charge in [0.25, 0.3) is 0 Å². The summed E-state index contributed by atoms with van der Waals surface area (Å²) in [5.74, 6) is 0. The predicted molar refractivity (Wildman–Crippen MR) is 179 cm³/mol. The fourth-order valence-electron chi connectivity index (χ4n) is 6.60. The van der Waals surface area contributed by atoms with Gasteiger partial charge in [-0.05, 0) is 69.3 Å². The lowest BCUT2D eigenvalue weighted by atomic mass is 9.67. The molecule has 0 saturated carbocycles. The summed E-state index contributed by atoms with van der Waals surface area (Å²) >= 11 is 0. The van der Waals surface area contributed by atoms with E-state index in [1.807, 2.05) is 12.2 Å². The number of hydrogen-bond donors (Lipinski definition) is 0. The first-order chi connectivity index (χ1) is 20.8. The molecule has 0 radical (unpaired) electrons. The topological polar surface area (TPSA) is 3.24 Å². The molecule has 1 heteroatoms. The van der Waals surface area contributed by atoms with Crippen LogP contribution in [-0.4, -0.2) is 0 Å². The van der Waals surface area contributed by atoms with Gasteiger partial charge in [-0.2, -0.15) is 0 Å². The van der Waals surface area contributed by atoms with E-state index in [0.29, 0.717) is 0 Å². The third kappa shape index (κ3) is 3.94. The minimum atomic E-state index is -0.500. The zero-order valence-corrected chi connectivity index (χ0v) is 23.4. The first-order valence-electron chi connectivity index (χ1n) is 14.4. The average molecular weight is 538 g/mol. The number of anilines is 3. The van der Waals surface area contributed by atoms with E-state index in [2.05, 4.69) is 170 Å². The molecule has 42 heavy (non-hydrogen) atoms. The smallest absolute Gasteiger partial charge is 0.0714 e. The average Bonchev–Trinajstić information content (AvgIpc) is 3.38. The Bertz CT molecular complexity index is 1790. The van der Waals surface area contributed by atoms with E-state index in [1.54, 1.807) is 0 Å². The number of rotatable bonds is 7. The van der Waals surface area contributed by atoms with Crippen molar-refractivity contribution in [2.45, 2.75) is 5.41 Å². The van der Waals surface area contributed by atoms with E-state index < -0.39 is 5.41 Å². The molecule has 0 amide bonds. The zero-order valence-electron chi connectivity index (χ0n) is 23.4. The summed E-state index contributed by atoms with van der Waals surface area (Å²) in [6.45, 7) is 8.00. The van der Waals surface area contributed by atoms with Crippen molar-refractivity contribution in [3.63, 3.8) is 0 Å². The summed E-state index contributed by atoms with van der Waals surface area (Å²) in [5, 5.41) is 0. The molecule has 1 aliphatic carbocycles. The van der Waals surface area contributed by atoms with Crippen molar-refractivity contribution in [2.75, 3.05) is 4.90 Å². The van der Waals surface area contributed by atoms with Crippen LogP contribution >= 0.6 is 0 Å². The van der Waals surface area contributed by atoms with Crippen LogP contribution in [0.2, 0.25) is 0 Å². The lowest BCUT2D eigenvalue weighted by molar-refractivity contribution is 0.768. The third-order valence-corrected chi connectivity index (χ3v) is 8.48. The van der Waals surface area contributed by atoms with Crippen LogP contribution < -0.4 is 4.90 Å². The van der Waals surface area contributed by atoms with E-state index in [9.17, 15) is 0 Å². The quantitative estimate of drug-likeness (QED) is 0.195. The molecule has 1 aliphatic rings. The third-order valence-electron chi connectivity index (χ3n) is 8.48. The summed E-state index contributed by atoms with van der Waals surface area (Å²) < 4.78 is 0. The van der Waals surface area contributed by atoms with Crippen LogP contribution in [0, 0.1) is 0 Å². The molecule has 0 spiro atoms. The number of hydrogen-bond acceptors (Lipinski definition) is 1. The van der Waals surface area contributed by atoms with Crippen molar-refractivity contribution in [1.29, 1.82) is 0 Å². The fourth-order valence-corrected chi connectivity index (χ4v) is 6.60. The Labute approximate surface area is 248 Å². The Morgan fingerprint density at radius 1 is 0.452 bits per heavy atom. The maximum atomic E-state index is 4.00. The summed E-state index contributed by atoms with van der Waals surface area (Å²) in [5.41, 5.74) is 12.6. The molecule has 6 aromatic carbocycles. The van der Waals surface area contributed by atoms with Crippen molar-refractivity contribution in [2.24, 2.45) is 0 Å². The van der Waals surface area contributed by atoms with Gasteiger partial charge in [0, 0.05) is 16.9 Å². The van der Waals surface area contributed by atoms with Gasteiger partial charge in [-0.15, -0.1) is 0 Å². The van der Waals surface area contributed by atoms with Crippen LogP contribution in [0.5, 0.6) is 0 Å². The number of fused-ring (bicyclic) bond motifs is 3. The summed E-state index contributed by atoms with van der Waals surface area (Å²) in [6.07, 6.45) is 3.81. The van der Waals surface area contributed by atoms with Crippen LogP contribution in [0.15, 0.2) is 165 Å². The van der Waals surface area contributed by atoms with Crippen LogP contribution in [0.4, 0.5) is 17.1 Å². The van der Waals surface area contributed by atoms with Gasteiger partial charge in [0.05, 0.1) is 11.1 Å². The Morgan fingerprint density at radius 2 is 0.929 bits per heavy atom. The monoisotopic (exact) mass is 537 g/mol. The normalized spacial score (nSPS) is 12.7. The minimum Gasteiger partial charge on any atom is -0.310 e. The van der Waals surface area contributed by atoms with Gasteiger partial charge in [-0.3, -0.25) is 0 Å². The van der Waals surface area contributed by atoms with Crippen LogP contribution in [0.1, 0.15) is 33.4 Å². The van der Waals surface area contributed by atoms with Crippen LogP contribution in [-0.2, 0) is 5.41 Å². The van der Waals surface area contributed by atoms with E-state index >= 15 is 0 Å². The number of benzene rings is 6. The van der Waals surface area contributed by atoms with Crippen molar-refractivity contribution >= 4 is 29.2 Å². The van der Waals surface area contributed by atoms with E-state index in [0.717, 1.165) is 28.2 Å². The van der Waals surface area contributed by atoms with Gasteiger partial charge in [-0.1, -0.05) is 147 Å². The molecule has 0 aliphatic heterocycles. The summed E-state index contributed by atoms with van der Waals surface area (Å²) in [4.78, 5) is 2.38. The lowest BCUT2D eigenvalue weighted by Gasteiger charge is -2.34. The molecule has 7 rings (SSSR count). The molecule has 0 unspecified atom stereocenters. The molecule has 6 aromatic rings. The molecule has 200 valence electrons. The Balaban J connectivity index is 1.59. The van der Waals surface area contributed by atoms with Crippen LogP contribution in [0.25, 0.3) is 23.3 Å². The Morgan fingerprint density at radius 3 is 1.45 bits per heavy atom. The highest BCUT2D eigenvalue weighted by atomic mass is 15.1. The standard InChI is InChI=1S/C41H31N/c1-3-30-22-26-32(27-23-30)41(33-28-24-31(4-2)25-29-33)37-19-12-11-18-36(37)40-38(41)20-13-21-39(40)42(34-14-7-5-8-15-34)35-16-9-6-10-17-35/h3-29H,1-2H2. The van der Waals surface area contributed by atoms with Gasteiger partial charge in [-0.25, -0.2) is 0 Å². The predicted octanol–water partition coefficient (Wildman–Crippen LogP) is 10.8. The lowest BCUT2D eigenvalue weighted by Crippen LogP contribution is -2.28. The zero-order chi connectivity index (χ0) is 28.5. The van der Waals surface area contributed by atoms with E-state index in [1.165, 1.54) is 33.4 Å². The van der Waals surface area contributed by atoms with Crippen molar-refractivity contribution in [3.8, 4) is 11.1 Å². The van der Waals surface area contributed by atoms with Gasteiger partial charge in [0.15, 0.2) is 0 Å². The Kier molecular flexibility index (Phi) is 6.41. The maximum Gasteiger partial charge on any atom is 0.0714 e. The SMILES string of the molecule is C=Cc1ccc(C2(c3ccc(C=C)cc3)c3ccccc3-c3c(N(c4ccccc4)c4ccccc4)cccc32)cc1.